The fourth-order valence-corrected chi connectivity index (χ4v) is 2.00. The van der Waals surface area contributed by atoms with Gasteiger partial charge in [-0.15, -0.1) is 0 Å². The molecule has 0 aliphatic rings. The lowest BCUT2D eigenvalue weighted by Gasteiger charge is -2.13. The van der Waals surface area contributed by atoms with Crippen molar-refractivity contribution in [3.05, 3.63) is 77.4 Å². The molecule has 2 aromatic rings. The van der Waals surface area contributed by atoms with Crippen molar-refractivity contribution < 1.29 is 14.6 Å². The first-order valence-electron chi connectivity index (χ1n) is 6.81. The molecule has 0 bridgehead atoms. The lowest BCUT2D eigenvalue weighted by Crippen LogP contribution is -2.00. The summed E-state index contributed by atoms with van der Waals surface area (Å²) in [6.45, 7) is 2.51. The third kappa shape index (κ3) is 4.89. The third-order valence-electron chi connectivity index (χ3n) is 3.14. The quantitative estimate of drug-likeness (QED) is 0.813. The first kappa shape index (κ1) is 15.0. The highest BCUT2D eigenvalue weighted by molar-refractivity contribution is 5.85. The second-order valence-corrected chi connectivity index (χ2v) is 4.78. The molecule has 0 aromatic heterocycles. The van der Waals surface area contributed by atoms with Crippen LogP contribution in [0.2, 0.25) is 0 Å². The highest BCUT2D eigenvalue weighted by Crippen LogP contribution is 2.18. The maximum Gasteiger partial charge on any atom is 0.328 e. The van der Waals surface area contributed by atoms with E-state index in [1.54, 1.807) is 6.08 Å². The fourth-order valence-electron chi connectivity index (χ4n) is 2.00. The van der Waals surface area contributed by atoms with E-state index >= 15 is 0 Å². The third-order valence-corrected chi connectivity index (χ3v) is 3.14. The Bertz CT molecular complexity index is 617. The van der Waals surface area contributed by atoms with Gasteiger partial charge >= 0.3 is 5.97 Å². The first-order valence-corrected chi connectivity index (χ1v) is 6.81. The minimum absolute atomic E-state index is 0.0180. The van der Waals surface area contributed by atoms with Crippen molar-refractivity contribution in [2.45, 2.75) is 19.6 Å². The van der Waals surface area contributed by atoms with E-state index in [0.29, 0.717) is 6.61 Å². The Morgan fingerprint density at radius 3 is 2.67 bits per heavy atom. The summed E-state index contributed by atoms with van der Waals surface area (Å²) in [6, 6.07) is 17.7. The van der Waals surface area contributed by atoms with Crippen LogP contribution in [0.25, 0.3) is 6.08 Å². The van der Waals surface area contributed by atoms with Gasteiger partial charge in [0.25, 0.3) is 0 Å². The van der Waals surface area contributed by atoms with E-state index in [4.69, 9.17) is 9.84 Å². The Kier molecular flexibility index (Phi) is 5.29. The molecule has 108 valence electrons. The fraction of sp³-hybridized carbons (Fsp3) is 0.167. The van der Waals surface area contributed by atoms with Crippen LogP contribution in [-0.2, 0) is 16.1 Å². The zero-order valence-electron chi connectivity index (χ0n) is 11.9. The van der Waals surface area contributed by atoms with Gasteiger partial charge in [-0.1, -0.05) is 48.5 Å². The zero-order valence-corrected chi connectivity index (χ0v) is 11.9. The van der Waals surface area contributed by atoms with Gasteiger partial charge in [0.2, 0.25) is 0 Å². The van der Waals surface area contributed by atoms with Crippen LogP contribution in [-0.4, -0.2) is 11.1 Å². The molecular formula is C18H18O3. The highest BCUT2D eigenvalue weighted by atomic mass is 16.5. The molecule has 0 aliphatic carbocycles. The van der Waals surface area contributed by atoms with Crippen LogP contribution >= 0.6 is 0 Å². The number of carboxylic acids is 1. The van der Waals surface area contributed by atoms with Crippen molar-refractivity contribution in [3.8, 4) is 0 Å². The molecule has 1 atom stereocenters. The number of carbonyl (C=O) groups is 1. The molecule has 0 heterocycles. The monoisotopic (exact) mass is 282 g/mol. The van der Waals surface area contributed by atoms with Crippen molar-refractivity contribution in [1.29, 1.82) is 0 Å². The Hall–Kier alpha value is -2.39. The summed E-state index contributed by atoms with van der Waals surface area (Å²) in [5.74, 6) is -0.950. The molecule has 1 N–H and O–H groups in total. The number of hydrogen-bond donors (Lipinski definition) is 1. The van der Waals surface area contributed by atoms with E-state index in [9.17, 15) is 4.79 Å². The number of benzene rings is 2. The van der Waals surface area contributed by atoms with Crippen molar-refractivity contribution >= 4 is 12.0 Å². The molecule has 0 aliphatic heterocycles. The number of rotatable bonds is 6. The van der Waals surface area contributed by atoms with Crippen LogP contribution in [0, 0.1) is 0 Å². The average Bonchev–Trinajstić information content (AvgIpc) is 2.52. The summed E-state index contributed by atoms with van der Waals surface area (Å²) in [5.41, 5.74) is 3.01. The second-order valence-electron chi connectivity index (χ2n) is 4.78. The summed E-state index contributed by atoms with van der Waals surface area (Å²) in [5, 5.41) is 8.63. The van der Waals surface area contributed by atoms with Gasteiger partial charge in [-0.3, -0.25) is 0 Å². The van der Waals surface area contributed by atoms with Crippen LogP contribution in [0.1, 0.15) is 29.7 Å². The highest BCUT2D eigenvalue weighted by Gasteiger charge is 2.05. The van der Waals surface area contributed by atoms with Gasteiger partial charge in [0.05, 0.1) is 12.7 Å². The average molecular weight is 282 g/mol. The Morgan fingerprint density at radius 2 is 1.95 bits per heavy atom. The largest absolute Gasteiger partial charge is 0.478 e. The van der Waals surface area contributed by atoms with Crippen LogP contribution in [0.5, 0.6) is 0 Å². The minimum atomic E-state index is -0.950. The van der Waals surface area contributed by atoms with E-state index in [-0.39, 0.29) is 6.10 Å². The topological polar surface area (TPSA) is 46.5 Å². The molecule has 3 nitrogen and oxygen atoms in total. The molecule has 1 unspecified atom stereocenters. The predicted octanol–water partition coefficient (Wildman–Crippen LogP) is 4.06. The molecule has 0 amide bonds. The van der Waals surface area contributed by atoms with Gasteiger partial charge in [0.15, 0.2) is 0 Å². The molecule has 0 saturated carbocycles. The number of aliphatic carboxylic acids is 1. The van der Waals surface area contributed by atoms with Crippen molar-refractivity contribution in [1.82, 2.24) is 0 Å². The Balaban J connectivity index is 1.97. The molecule has 0 saturated heterocycles. The lowest BCUT2D eigenvalue weighted by molar-refractivity contribution is -0.131. The molecule has 2 rings (SSSR count). The molecule has 0 spiro atoms. The maximum absolute atomic E-state index is 10.5. The van der Waals surface area contributed by atoms with E-state index in [1.807, 2.05) is 61.5 Å². The van der Waals surface area contributed by atoms with Crippen LogP contribution in [0.15, 0.2) is 60.7 Å². The van der Waals surface area contributed by atoms with Crippen LogP contribution in [0.4, 0.5) is 0 Å². The van der Waals surface area contributed by atoms with Gasteiger partial charge in [-0.2, -0.15) is 0 Å². The van der Waals surface area contributed by atoms with Gasteiger partial charge in [-0.25, -0.2) is 4.79 Å². The van der Waals surface area contributed by atoms with Gasteiger partial charge in [0, 0.05) is 6.08 Å². The van der Waals surface area contributed by atoms with Crippen LogP contribution in [0.3, 0.4) is 0 Å². The molecule has 2 aromatic carbocycles. The summed E-state index contributed by atoms with van der Waals surface area (Å²) in [7, 11) is 0. The van der Waals surface area contributed by atoms with E-state index < -0.39 is 5.97 Å². The van der Waals surface area contributed by atoms with Crippen LogP contribution < -0.4 is 0 Å². The van der Waals surface area contributed by atoms with E-state index in [0.717, 1.165) is 22.8 Å². The molecule has 0 fully saturated rings. The molecule has 21 heavy (non-hydrogen) atoms. The molecule has 0 radical (unpaired) electrons. The second kappa shape index (κ2) is 7.41. The van der Waals surface area contributed by atoms with Gasteiger partial charge in [-0.05, 0) is 35.8 Å². The summed E-state index contributed by atoms with van der Waals surface area (Å²) < 4.78 is 5.85. The standard InChI is InChI=1S/C18H18O3/c1-14(17-8-3-2-4-9-17)21-13-16-7-5-6-15(12-16)10-11-18(19)20/h2-12,14H,13H2,1H3,(H,19,20). The first-order chi connectivity index (χ1) is 10.1. The predicted molar refractivity (Wildman–Crippen MR) is 82.8 cm³/mol. The molecule has 3 heteroatoms. The number of ether oxygens (including phenoxy) is 1. The van der Waals surface area contributed by atoms with Crippen molar-refractivity contribution in [2.75, 3.05) is 0 Å². The minimum Gasteiger partial charge on any atom is -0.478 e. The van der Waals surface area contributed by atoms with Crippen molar-refractivity contribution in [2.24, 2.45) is 0 Å². The van der Waals surface area contributed by atoms with E-state index in [2.05, 4.69) is 0 Å². The number of hydrogen-bond acceptors (Lipinski definition) is 2. The Labute approximate surface area is 124 Å². The van der Waals surface area contributed by atoms with E-state index in [1.165, 1.54) is 0 Å². The number of carboxylic acid groups (broad SMARTS) is 1. The summed E-state index contributed by atoms with van der Waals surface area (Å²) >= 11 is 0. The normalized spacial score (nSPS) is 12.4. The maximum atomic E-state index is 10.5. The summed E-state index contributed by atoms with van der Waals surface area (Å²) in [6.07, 6.45) is 2.73. The molecular weight excluding hydrogens is 264 g/mol. The smallest absolute Gasteiger partial charge is 0.328 e. The SMILES string of the molecule is CC(OCc1cccc(C=CC(=O)O)c1)c1ccccc1. The lowest BCUT2D eigenvalue weighted by atomic mass is 10.1. The Morgan fingerprint density at radius 1 is 1.19 bits per heavy atom. The van der Waals surface area contributed by atoms with Gasteiger partial charge in [0.1, 0.15) is 0 Å². The van der Waals surface area contributed by atoms with Gasteiger partial charge < -0.3 is 9.84 Å². The zero-order chi connectivity index (χ0) is 15.1. The van der Waals surface area contributed by atoms with Crippen molar-refractivity contribution in [3.63, 3.8) is 0 Å². The summed E-state index contributed by atoms with van der Waals surface area (Å²) in [4.78, 5) is 10.5.